The number of nitrogens with zero attached hydrogens (tertiary/aromatic N) is 1. The van der Waals surface area contributed by atoms with E-state index in [0.717, 1.165) is 19.0 Å². The molecule has 4 heteroatoms. The van der Waals surface area contributed by atoms with Crippen molar-refractivity contribution in [3.05, 3.63) is 35.4 Å². The van der Waals surface area contributed by atoms with Crippen LogP contribution in [-0.4, -0.2) is 23.5 Å². The van der Waals surface area contributed by atoms with E-state index in [0.29, 0.717) is 18.0 Å². The van der Waals surface area contributed by atoms with Gasteiger partial charge in [0.2, 0.25) is 0 Å². The summed E-state index contributed by atoms with van der Waals surface area (Å²) < 4.78 is 27.2. The Balaban J connectivity index is 2.34. The molecule has 0 spiro atoms. The molecule has 1 aromatic rings. The van der Waals surface area contributed by atoms with Crippen molar-refractivity contribution in [2.45, 2.75) is 44.8 Å². The van der Waals surface area contributed by atoms with Crippen LogP contribution in [0.15, 0.2) is 18.2 Å². The van der Waals surface area contributed by atoms with Gasteiger partial charge in [0.15, 0.2) is 0 Å². The predicted octanol–water partition coefficient (Wildman–Crippen LogP) is 2.84. The number of halogens is 2. The molecule has 1 fully saturated rings. The highest BCUT2D eigenvalue weighted by Gasteiger charge is 2.31. The van der Waals surface area contributed by atoms with E-state index in [1.54, 1.807) is 0 Å². The Bertz CT molecular complexity index is 420. The van der Waals surface area contributed by atoms with Gasteiger partial charge in [-0.2, -0.15) is 0 Å². The number of hydrogen-bond donors (Lipinski definition) is 1. The summed E-state index contributed by atoms with van der Waals surface area (Å²) in [4.78, 5) is 2.20. The van der Waals surface area contributed by atoms with Gasteiger partial charge in [0.1, 0.15) is 11.6 Å². The number of rotatable bonds is 2. The third-order valence-electron chi connectivity index (χ3n) is 3.66. The monoisotopic (exact) mass is 254 g/mol. The smallest absolute Gasteiger partial charge is 0.128 e. The van der Waals surface area contributed by atoms with Gasteiger partial charge in [-0.05, 0) is 44.9 Å². The summed E-state index contributed by atoms with van der Waals surface area (Å²) >= 11 is 0. The molecule has 0 bridgehead atoms. The lowest BCUT2D eigenvalue weighted by Gasteiger charge is -2.41. The third kappa shape index (κ3) is 2.70. The van der Waals surface area contributed by atoms with Crippen molar-refractivity contribution in [3.63, 3.8) is 0 Å². The zero-order chi connectivity index (χ0) is 13.3. The van der Waals surface area contributed by atoms with Gasteiger partial charge in [-0.25, -0.2) is 8.78 Å². The molecule has 2 nitrogen and oxygen atoms in total. The molecule has 1 aliphatic rings. The minimum absolute atomic E-state index is 0.0627. The minimum Gasteiger partial charge on any atom is -0.328 e. The molecular formula is C14H20F2N2. The maximum atomic E-state index is 13.9. The van der Waals surface area contributed by atoms with E-state index in [-0.39, 0.29) is 17.9 Å². The second-order valence-electron chi connectivity index (χ2n) is 5.30. The molecule has 18 heavy (non-hydrogen) atoms. The normalized spacial score (nSPS) is 25.7. The van der Waals surface area contributed by atoms with Crippen LogP contribution in [-0.2, 0) is 0 Å². The summed E-state index contributed by atoms with van der Waals surface area (Å²) in [6, 6.07) is 3.89. The van der Waals surface area contributed by atoms with Crippen molar-refractivity contribution in [3.8, 4) is 0 Å². The van der Waals surface area contributed by atoms with Crippen LogP contribution < -0.4 is 5.73 Å². The fraction of sp³-hybridized carbons (Fsp3) is 0.571. The summed E-state index contributed by atoms with van der Waals surface area (Å²) in [6.07, 6.45) is 1.59. The van der Waals surface area contributed by atoms with Gasteiger partial charge in [-0.3, -0.25) is 4.90 Å². The number of hydrogen-bond acceptors (Lipinski definition) is 2. The Morgan fingerprint density at radius 2 is 2.06 bits per heavy atom. The van der Waals surface area contributed by atoms with Crippen molar-refractivity contribution in [2.75, 3.05) is 6.54 Å². The van der Waals surface area contributed by atoms with Crippen LogP contribution in [0.4, 0.5) is 8.78 Å². The third-order valence-corrected chi connectivity index (χ3v) is 3.66. The average Bonchev–Trinajstić information content (AvgIpc) is 2.31. The van der Waals surface area contributed by atoms with Gasteiger partial charge in [0.05, 0.1) is 0 Å². The first-order chi connectivity index (χ1) is 8.49. The summed E-state index contributed by atoms with van der Waals surface area (Å²) in [5, 5.41) is 0. The van der Waals surface area contributed by atoms with Gasteiger partial charge in [-0.1, -0.05) is 0 Å². The number of likely N-dealkylation sites (tertiary alicyclic amines) is 1. The van der Waals surface area contributed by atoms with Gasteiger partial charge < -0.3 is 5.73 Å². The van der Waals surface area contributed by atoms with E-state index in [9.17, 15) is 8.78 Å². The average molecular weight is 254 g/mol. The summed E-state index contributed by atoms with van der Waals surface area (Å²) in [5.41, 5.74) is 6.40. The number of benzene rings is 1. The molecule has 2 N–H and O–H groups in total. The predicted molar refractivity (Wildman–Crippen MR) is 68.2 cm³/mol. The molecule has 1 heterocycles. The molecule has 1 unspecified atom stereocenters. The molecule has 2 rings (SSSR count). The van der Waals surface area contributed by atoms with Crippen LogP contribution in [0.2, 0.25) is 0 Å². The SMILES string of the molecule is CC(C)N1CCC(N)C[C@H]1c1cc(F)ccc1F. The van der Waals surface area contributed by atoms with Crippen LogP contribution in [0.25, 0.3) is 0 Å². The van der Waals surface area contributed by atoms with Gasteiger partial charge in [0, 0.05) is 30.2 Å². The van der Waals surface area contributed by atoms with Crippen molar-refractivity contribution in [1.82, 2.24) is 4.90 Å². The van der Waals surface area contributed by atoms with E-state index in [4.69, 9.17) is 5.73 Å². The molecule has 0 amide bonds. The molecule has 0 aliphatic carbocycles. The first-order valence-corrected chi connectivity index (χ1v) is 6.45. The van der Waals surface area contributed by atoms with Gasteiger partial charge in [0.25, 0.3) is 0 Å². The maximum Gasteiger partial charge on any atom is 0.128 e. The van der Waals surface area contributed by atoms with E-state index in [1.165, 1.54) is 12.1 Å². The summed E-state index contributed by atoms with van der Waals surface area (Å²) in [6.45, 7) is 4.97. The van der Waals surface area contributed by atoms with Crippen molar-refractivity contribution in [2.24, 2.45) is 5.73 Å². The molecule has 0 aromatic heterocycles. The van der Waals surface area contributed by atoms with Crippen LogP contribution in [0.5, 0.6) is 0 Å². The minimum atomic E-state index is -0.394. The van der Waals surface area contributed by atoms with Gasteiger partial charge >= 0.3 is 0 Å². The Morgan fingerprint density at radius 1 is 1.33 bits per heavy atom. The van der Waals surface area contributed by atoms with Crippen LogP contribution in [0.1, 0.15) is 38.3 Å². The Kier molecular flexibility index (Phi) is 3.97. The van der Waals surface area contributed by atoms with Crippen LogP contribution in [0, 0.1) is 11.6 Å². The number of nitrogens with two attached hydrogens (primary N) is 1. The highest BCUT2D eigenvalue weighted by Crippen LogP contribution is 2.33. The Morgan fingerprint density at radius 3 is 2.72 bits per heavy atom. The highest BCUT2D eigenvalue weighted by atomic mass is 19.1. The highest BCUT2D eigenvalue weighted by molar-refractivity contribution is 5.23. The van der Waals surface area contributed by atoms with E-state index >= 15 is 0 Å². The zero-order valence-electron chi connectivity index (χ0n) is 10.9. The molecule has 1 aliphatic heterocycles. The first-order valence-electron chi connectivity index (χ1n) is 6.45. The Hall–Kier alpha value is -1.00. The van der Waals surface area contributed by atoms with E-state index in [1.807, 2.05) is 0 Å². The fourth-order valence-corrected chi connectivity index (χ4v) is 2.70. The first kappa shape index (κ1) is 13.4. The van der Waals surface area contributed by atoms with E-state index < -0.39 is 5.82 Å². The molecular weight excluding hydrogens is 234 g/mol. The van der Waals surface area contributed by atoms with Crippen LogP contribution in [0.3, 0.4) is 0 Å². The lowest BCUT2D eigenvalue weighted by molar-refractivity contribution is 0.0988. The molecule has 0 radical (unpaired) electrons. The van der Waals surface area contributed by atoms with Crippen molar-refractivity contribution >= 4 is 0 Å². The van der Waals surface area contributed by atoms with Gasteiger partial charge in [-0.15, -0.1) is 0 Å². The van der Waals surface area contributed by atoms with Crippen LogP contribution >= 0.6 is 0 Å². The summed E-state index contributed by atoms with van der Waals surface area (Å²) in [5.74, 6) is -0.740. The lowest BCUT2D eigenvalue weighted by atomic mass is 9.91. The summed E-state index contributed by atoms with van der Waals surface area (Å²) in [7, 11) is 0. The lowest BCUT2D eigenvalue weighted by Crippen LogP contribution is -2.45. The largest absolute Gasteiger partial charge is 0.328 e. The molecule has 2 atom stereocenters. The molecule has 100 valence electrons. The Labute approximate surface area is 107 Å². The van der Waals surface area contributed by atoms with Crippen molar-refractivity contribution < 1.29 is 8.78 Å². The molecule has 0 saturated carbocycles. The number of piperidine rings is 1. The standard InChI is InChI=1S/C14H20F2N2/c1-9(2)18-6-5-11(17)8-14(18)12-7-10(15)3-4-13(12)16/h3-4,7,9,11,14H,5-6,8,17H2,1-2H3/t11?,14-/m0/s1. The second kappa shape index (κ2) is 5.33. The topological polar surface area (TPSA) is 29.3 Å². The zero-order valence-corrected chi connectivity index (χ0v) is 10.9. The molecule has 1 aromatic carbocycles. The second-order valence-corrected chi connectivity index (χ2v) is 5.30. The van der Waals surface area contributed by atoms with E-state index in [2.05, 4.69) is 18.7 Å². The van der Waals surface area contributed by atoms with Crippen molar-refractivity contribution in [1.29, 1.82) is 0 Å². The maximum absolute atomic E-state index is 13.9. The quantitative estimate of drug-likeness (QED) is 0.879. The fourth-order valence-electron chi connectivity index (χ4n) is 2.70. The molecule has 1 saturated heterocycles.